The molecule has 0 bridgehead atoms. The summed E-state index contributed by atoms with van der Waals surface area (Å²) in [5.41, 5.74) is 1.04. The lowest BCUT2D eigenvalue weighted by atomic mass is 9.86. The molecule has 0 radical (unpaired) electrons. The molecule has 2 rings (SSSR count). The third-order valence-corrected chi connectivity index (χ3v) is 4.82. The van der Waals surface area contributed by atoms with E-state index in [-0.39, 0.29) is 11.9 Å². The first-order valence-electron chi connectivity index (χ1n) is 6.61. The van der Waals surface area contributed by atoms with Gasteiger partial charge in [0.15, 0.2) is 0 Å². The number of carboxylic acid groups (broad SMARTS) is 1. The molecule has 1 saturated heterocycles. The zero-order chi connectivity index (χ0) is 14.7. The Kier molecular flexibility index (Phi) is 4.77. The molecule has 1 fully saturated rings. The van der Waals surface area contributed by atoms with Crippen molar-refractivity contribution in [1.82, 2.24) is 4.90 Å². The summed E-state index contributed by atoms with van der Waals surface area (Å²) < 4.78 is 5.05. The van der Waals surface area contributed by atoms with Crippen LogP contribution in [0.25, 0.3) is 0 Å². The minimum absolute atomic E-state index is 0.0114. The van der Waals surface area contributed by atoms with Gasteiger partial charge in [0.25, 0.3) is 0 Å². The third kappa shape index (κ3) is 2.86. The lowest BCUT2D eigenvalue weighted by Crippen LogP contribution is -2.46. The van der Waals surface area contributed by atoms with E-state index in [0.717, 1.165) is 10.4 Å². The number of likely N-dealkylation sites (tertiary alicyclic amines) is 1. The molecule has 2 heterocycles. The first-order chi connectivity index (χ1) is 9.56. The molecule has 0 aromatic carbocycles. The summed E-state index contributed by atoms with van der Waals surface area (Å²) in [6.45, 7) is 2.80. The van der Waals surface area contributed by atoms with Gasteiger partial charge in [-0.1, -0.05) is 0 Å². The Labute approximate surface area is 122 Å². The Morgan fingerprint density at radius 1 is 1.60 bits per heavy atom. The van der Waals surface area contributed by atoms with Crippen molar-refractivity contribution in [3.63, 3.8) is 0 Å². The van der Waals surface area contributed by atoms with Crippen LogP contribution in [0.4, 0.5) is 0 Å². The lowest BCUT2D eigenvalue weighted by molar-refractivity contribution is -0.152. The normalized spacial score (nSPS) is 23.1. The van der Waals surface area contributed by atoms with E-state index in [9.17, 15) is 14.7 Å². The number of aryl methyl sites for hydroxylation is 1. The number of carbonyl (C=O) groups is 2. The first kappa shape index (κ1) is 15.0. The second-order valence-corrected chi connectivity index (χ2v) is 5.92. The van der Waals surface area contributed by atoms with E-state index in [4.69, 9.17) is 4.74 Å². The highest BCUT2D eigenvalue weighted by Crippen LogP contribution is 2.40. The molecule has 2 atom stereocenters. The average Bonchev–Trinajstić information content (AvgIpc) is 2.82. The smallest absolute Gasteiger partial charge is 0.308 e. The third-order valence-electron chi connectivity index (χ3n) is 3.73. The predicted octanol–water partition coefficient (Wildman–Crippen LogP) is 2.07. The summed E-state index contributed by atoms with van der Waals surface area (Å²) in [4.78, 5) is 26.3. The van der Waals surface area contributed by atoms with Crippen LogP contribution in [0.5, 0.6) is 0 Å². The molecule has 0 spiro atoms. The summed E-state index contributed by atoms with van der Waals surface area (Å²) in [5.74, 6) is -1.36. The highest BCUT2D eigenvalue weighted by Gasteiger charge is 2.41. The number of piperidine rings is 1. The fraction of sp³-hybridized carbons (Fsp3) is 0.571. The second kappa shape index (κ2) is 6.37. The minimum Gasteiger partial charge on any atom is -0.481 e. The van der Waals surface area contributed by atoms with Gasteiger partial charge in [-0.05, 0) is 30.4 Å². The van der Waals surface area contributed by atoms with Crippen LogP contribution in [0.2, 0.25) is 0 Å². The standard InChI is InChI=1S/C14H19NO4S/c1-9-5-8-20-13(9)12-10(14(17)18)3-4-11(16)15(12)6-7-19-2/h5,8,10,12H,3-4,6-7H2,1-2H3,(H,17,18)/t10-,12-/m0/s1. The second-order valence-electron chi connectivity index (χ2n) is 4.98. The molecule has 6 heteroatoms. The van der Waals surface area contributed by atoms with E-state index < -0.39 is 11.9 Å². The Morgan fingerprint density at radius 2 is 2.35 bits per heavy atom. The number of carboxylic acids is 1. The maximum absolute atomic E-state index is 12.2. The van der Waals surface area contributed by atoms with Crippen molar-refractivity contribution in [3.8, 4) is 0 Å². The van der Waals surface area contributed by atoms with Crippen molar-refractivity contribution in [2.45, 2.75) is 25.8 Å². The van der Waals surface area contributed by atoms with Gasteiger partial charge in [-0.2, -0.15) is 0 Å². The summed E-state index contributed by atoms with van der Waals surface area (Å²) in [6.07, 6.45) is 0.696. The monoisotopic (exact) mass is 297 g/mol. The molecule has 0 saturated carbocycles. The van der Waals surface area contributed by atoms with Crippen molar-refractivity contribution in [2.75, 3.05) is 20.3 Å². The Morgan fingerprint density at radius 3 is 2.90 bits per heavy atom. The van der Waals surface area contributed by atoms with E-state index >= 15 is 0 Å². The molecule has 1 aliphatic rings. The predicted molar refractivity (Wildman–Crippen MR) is 75.7 cm³/mol. The molecule has 1 aromatic rings. The lowest BCUT2D eigenvalue weighted by Gasteiger charge is -2.39. The van der Waals surface area contributed by atoms with Crippen molar-refractivity contribution in [2.24, 2.45) is 5.92 Å². The van der Waals surface area contributed by atoms with Crippen LogP contribution < -0.4 is 0 Å². The van der Waals surface area contributed by atoms with Gasteiger partial charge in [-0.15, -0.1) is 11.3 Å². The van der Waals surface area contributed by atoms with E-state index in [1.165, 1.54) is 11.3 Å². The Hall–Kier alpha value is -1.40. The number of ether oxygens (including phenoxy) is 1. The fourth-order valence-corrected chi connectivity index (χ4v) is 3.78. The highest BCUT2D eigenvalue weighted by atomic mass is 32.1. The molecular formula is C14H19NO4S. The number of carbonyl (C=O) groups excluding carboxylic acids is 1. The molecule has 0 aliphatic carbocycles. The molecule has 5 nitrogen and oxygen atoms in total. The number of hydrogen-bond donors (Lipinski definition) is 1. The number of thiophene rings is 1. The van der Waals surface area contributed by atoms with Gasteiger partial charge in [-0.3, -0.25) is 9.59 Å². The maximum atomic E-state index is 12.2. The summed E-state index contributed by atoms with van der Waals surface area (Å²) in [6, 6.07) is 1.59. The van der Waals surface area contributed by atoms with Crippen molar-refractivity contribution < 1.29 is 19.4 Å². The zero-order valence-electron chi connectivity index (χ0n) is 11.7. The number of nitrogens with zero attached hydrogens (tertiary/aromatic N) is 1. The van der Waals surface area contributed by atoms with Crippen molar-refractivity contribution in [1.29, 1.82) is 0 Å². The summed E-state index contributed by atoms with van der Waals surface area (Å²) in [5, 5.41) is 11.4. The van der Waals surface area contributed by atoms with Crippen LogP contribution in [-0.2, 0) is 14.3 Å². The number of rotatable bonds is 5. The van der Waals surface area contributed by atoms with Crippen molar-refractivity contribution in [3.05, 3.63) is 21.9 Å². The molecule has 20 heavy (non-hydrogen) atoms. The van der Waals surface area contributed by atoms with E-state index in [1.54, 1.807) is 12.0 Å². The van der Waals surface area contributed by atoms with Crippen molar-refractivity contribution >= 4 is 23.2 Å². The van der Waals surface area contributed by atoms with E-state index in [0.29, 0.717) is 26.0 Å². The quantitative estimate of drug-likeness (QED) is 0.903. The topological polar surface area (TPSA) is 66.8 Å². The van der Waals surface area contributed by atoms with Crippen LogP contribution in [0.15, 0.2) is 11.4 Å². The largest absolute Gasteiger partial charge is 0.481 e. The minimum atomic E-state index is -0.835. The number of amides is 1. The molecular weight excluding hydrogens is 278 g/mol. The SMILES string of the molecule is COCCN1C(=O)CC[C@H](C(=O)O)[C@H]1c1sccc1C. The molecule has 1 aromatic heterocycles. The fourth-order valence-electron chi connectivity index (χ4n) is 2.68. The van der Waals surface area contributed by atoms with Gasteiger partial charge >= 0.3 is 5.97 Å². The van der Waals surface area contributed by atoms with Gasteiger partial charge in [-0.25, -0.2) is 0 Å². The zero-order valence-corrected chi connectivity index (χ0v) is 12.5. The van der Waals surface area contributed by atoms with Gasteiger partial charge in [0.05, 0.1) is 18.6 Å². The van der Waals surface area contributed by atoms with Crippen LogP contribution in [0.1, 0.15) is 29.3 Å². The molecule has 1 N–H and O–H groups in total. The Balaban J connectivity index is 2.36. The molecule has 1 amide bonds. The van der Waals surface area contributed by atoms with Crippen LogP contribution in [0, 0.1) is 12.8 Å². The van der Waals surface area contributed by atoms with Gasteiger partial charge in [0.2, 0.25) is 5.91 Å². The number of hydrogen-bond acceptors (Lipinski definition) is 4. The van der Waals surface area contributed by atoms with Gasteiger partial charge in [0, 0.05) is 25.0 Å². The molecule has 1 aliphatic heterocycles. The summed E-state index contributed by atoms with van der Waals surface area (Å²) in [7, 11) is 1.58. The summed E-state index contributed by atoms with van der Waals surface area (Å²) >= 11 is 1.52. The average molecular weight is 297 g/mol. The van der Waals surface area contributed by atoms with E-state index in [2.05, 4.69) is 0 Å². The molecule has 110 valence electrons. The number of aliphatic carboxylic acids is 1. The van der Waals surface area contributed by atoms with Crippen LogP contribution >= 0.6 is 11.3 Å². The highest BCUT2D eigenvalue weighted by molar-refractivity contribution is 7.10. The maximum Gasteiger partial charge on any atom is 0.308 e. The Bertz CT molecular complexity index is 499. The van der Waals surface area contributed by atoms with Crippen LogP contribution in [-0.4, -0.2) is 42.1 Å². The van der Waals surface area contributed by atoms with E-state index in [1.807, 2.05) is 18.4 Å². The van der Waals surface area contributed by atoms with Crippen LogP contribution in [0.3, 0.4) is 0 Å². The molecule has 0 unspecified atom stereocenters. The first-order valence-corrected chi connectivity index (χ1v) is 7.49. The number of methoxy groups -OCH3 is 1. The van der Waals surface area contributed by atoms with Gasteiger partial charge < -0.3 is 14.7 Å². The van der Waals surface area contributed by atoms with Gasteiger partial charge in [0.1, 0.15) is 0 Å².